The van der Waals surface area contributed by atoms with E-state index in [-0.39, 0.29) is 0 Å². The molecule has 0 spiro atoms. The van der Waals surface area contributed by atoms with Crippen LogP contribution >= 0.6 is 0 Å². The summed E-state index contributed by atoms with van der Waals surface area (Å²) in [5, 5.41) is 0. The lowest BCUT2D eigenvalue weighted by atomic mass is 10.0. The third kappa shape index (κ3) is 4.89. The summed E-state index contributed by atoms with van der Waals surface area (Å²) < 4.78 is 0. The third-order valence-corrected chi connectivity index (χ3v) is 1.79. The normalized spacial score (nSPS) is 13.2. The molecule has 0 aliphatic rings. The van der Waals surface area contributed by atoms with Crippen LogP contribution in [-0.4, -0.2) is 12.8 Å². The van der Waals surface area contributed by atoms with Crippen molar-refractivity contribution in [3.05, 3.63) is 24.3 Å². The molecule has 1 nitrogen and oxygen atoms in total. The van der Waals surface area contributed by atoms with Crippen LogP contribution in [0.2, 0.25) is 0 Å². The van der Waals surface area contributed by atoms with Crippen molar-refractivity contribution in [3.8, 4) is 0 Å². The van der Waals surface area contributed by atoms with E-state index in [9.17, 15) is 0 Å². The van der Waals surface area contributed by atoms with Crippen molar-refractivity contribution in [1.82, 2.24) is 0 Å². The minimum atomic E-state index is 0.996. The Labute approximate surface area is 75.9 Å². The Morgan fingerprint density at radius 2 is 2.17 bits per heavy atom. The molecule has 0 radical (unpaired) electrons. The summed E-state index contributed by atoms with van der Waals surface area (Å²) in [7, 11) is 1.84. The highest BCUT2D eigenvalue weighted by Gasteiger charge is 1.96. The minimum absolute atomic E-state index is 0.996. The van der Waals surface area contributed by atoms with Gasteiger partial charge in [-0.05, 0) is 13.3 Å². The summed E-state index contributed by atoms with van der Waals surface area (Å²) >= 11 is 0. The number of hydrogen-bond acceptors (Lipinski definition) is 1. The van der Waals surface area contributed by atoms with Gasteiger partial charge in [-0.15, -0.1) is 0 Å². The molecule has 0 bridgehead atoms. The molecular formula is C11H19N. The molecule has 0 heterocycles. The Bertz CT molecular complexity index is 187. The second-order valence-corrected chi connectivity index (χ2v) is 2.95. The molecule has 1 heteroatoms. The van der Waals surface area contributed by atoms with Crippen molar-refractivity contribution in [2.45, 2.75) is 33.1 Å². The Kier molecular flexibility index (Phi) is 6.35. The van der Waals surface area contributed by atoms with Crippen LogP contribution in [0, 0.1) is 0 Å². The van der Waals surface area contributed by atoms with Gasteiger partial charge in [-0.2, -0.15) is 0 Å². The van der Waals surface area contributed by atoms with Crippen molar-refractivity contribution in [2.24, 2.45) is 4.99 Å². The summed E-state index contributed by atoms with van der Waals surface area (Å²) in [4.78, 5) is 4.13. The van der Waals surface area contributed by atoms with E-state index in [4.69, 9.17) is 0 Å². The Morgan fingerprint density at radius 3 is 2.58 bits per heavy atom. The quantitative estimate of drug-likeness (QED) is 0.437. The lowest BCUT2D eigenvalue weighted by Gasteiger charge is -2.03. The van der Waals surface area contributed by atoms with E-state index in [1.54, 1.807) is 0 Å². The fourth-order valence-electron chi connectivity index (χ4n) is 1.13. The van der Waals surface area contributed by atoms with E-state index >= 15 is 0 Å². The standard InChI is InChI=1S/C11H19N/c1-5-7-11(8-6-2)9-10(3)12-4/h5,7H,1,6,8-9H2,2-4H3/b11-7+,12-10?. The summed E-state index contributed by atoms with van der Waals surface area (Å²) in [6.45, 7) is 7.95. The maximum absolute atomic E-state index is 4.13. The molecule has 0 amide bonds. The summed E-state index contributed by atoms with van der Waals surface area (Å²) in [5.41, 5.74) is 2.62. The van der Waals surface area contributed by atoms with Crippen LogP contribution in [0.15, 0.2) is 29.3 Å². The van der Waals surface area contributed by atoms with Gasteiger partial charge in [-0.1, -0.05) is 37.6 Å². The van der Waals surface area contributed by atoms with E-state index in [1.165, 1.54) is 17.7 Å². The Morgan fingerprint density at radius 1 is 1.50 bits per heavy atom. The lowest BCUT2D eigenvalue weighted by Crippen LogP contribution is -1.94. The molecule has 0 aliphatic heterocycles. The zero-order valence-corrected chi connectivity index (χ0v) is 8.43. The first-order valence-corrected chi connectivity index (χ1v) is 4.47. The molecule has 0 aliphatic carbocycles. The van der Waals surface area contributed by atoms with Gasteiger partial charge in [0.05, 0.1) is 0 Å². The van der Waals surface area contributed by atoms with E-state index in [0.29, 0.717) is 0 Å². The number of allylic oxidation sites excluding steroid dienone is 3. The molecule has 0 aromatic heterocycles. The van der Waals surface area contributed by atoms with Crippen LogP contribution in [0.4, 0.5) is 0 Å². The first kappa shape index (κ1) is 11.2. The maximum atomic E-state index is 4.13. The van der Waals surface area contributed by atoms with Crippen LogP contribution in [0.3, 0.4) is 0 Å². The van der Waals surface area contributed by atoms with Gasteiger partial charge in [-0.3, -0.25) is 4.99 Å². The fraction of sp³-hybridized carbons (Fsp3) is 0.545. The van der Waals surface area contributed by atoms with Gasteiger partial charge in [0.2, 0.25) is 0 Å². The van der Waals surface area contributed by atoms with E-state index < -0.39 is 0 Å². The highest BCUT2D eigenvalue weighted by molar-refractivity contribution is 5.84. The van der Waals surface area contributed by atoms with Crippen LogP contribution < -0.4 is 0 Å². The number of nitrogens with zero attached hydrogens (tertiary/aromatic N) is 1. The first-order chi connectivity index (χ1) is 5.74. The predicted octanol–water partition coefficient (Wildman–Crippen LogP) is 3.38. The molecule has 0 unspecified atom stereocenters. The average molecular weight is 165 g/mol. The van der Waals surface area contributed by atoms with Crippen LogP contribution in [-0.2, 0) is 0 Å². The molecule has 0 aromatic carbocycles. The zero-order chi connectivity index (χ0) is 9.40. The highest BCUT2D eigenvalue weighted by Crippen LogP contribution is 2.10. The van der Waals surface area contributed by atoms with Gasteiger partial charge in [0.1, 0.15) is 0 Å². The summed E-state index contributed by atoms with van der Waals surface area (Å²) in [5.74, 6) is 0. The molecular weight excluding hydrogens is 146 g/mol. The number of rotatable bonds is 5. The minimum Gasteiger partial charge on any atom is -0.297 e. The molecule has 0 fully saturated rings. The second kappa shape index (κ2) is 6.84. The van der Waals surface area contributed by atoms with Crippen LogP contribution in [0.1, 0.15) is 33.1 Å². The molecule has 0 aromatic rings. The third-order valence-electron chi connectivity index (χ3n) is 1.79. The van der Waals surface area contributed by atoms with Crippen molar-refractivity contribution in [1.29, 1.82) is 0 Å². The monoisotopic (exact) mass is 165 g/mol. The van der Waals surface area contributed by atoms with Gasteiger partial charge >= 0.3 is 0 Å². The average Bonchev–Trinajstić information content (AvgIpc) is 2.05. The lowest BCUT2D eigenvalue weighted by molar-refractivity contribution is 0.887. The molecule has 0 atom stereocenters. The predicted molar refractivity (Wildman–Crippen MR) is 56.8 cm³/mol. The van der Waals surface area contributed by atoms with Gasteiger partial charge in [0.25, 0.3) is 0 Å². The zero-order valence-electron chi connectivity index (χ0n) is 8.43. The van der Waals surface area contributed by atoms with Crippen molar-refractivity contribution in [3.63, 3.8) is 0 Å². The van der Waals surface area contributed by atoms with Gasteiger partial charge in [0.15, 0.2) is 0 Å². The summed E-state index contributed by atoms with van der Waals surface area (Å²) in [6.07, 6.45) is 7.29. The van der Waals surface area contributed by atoms with Gasteiger partial charge < -0.3 is 0 Å². The van der Waals surface area contributed by atoms with Gasteiger partial charge in [-0.25, -0.2) is 0 Å². The summed E-state index contributed by atoms with van der Waals surface area (Å²) in [6, 6.07) is 0. The number of aliphatic imine (C=N–C) groups is 1. The van der Waals surface area contributed by atoms with Crippen LogP contribution in [0.5, 0.6) is 0 Å². The molecule has 0 rings (SSSR count). The SMILES string of the molecule is C=C/C=C(\CCC)CC(C)=NC. The van der Waals surface area contributed by atoms with Crippen molar-refractivity contribution >= 4 is 5.71 Å². The van der Waals surface area contributed by atoms with Crippen molar-refractivity contribution < 1.29 is 0 Å². The fourth-order valence-corrected chi connectivity index (χ4v) is 1.13. The Hall–Kier alpha value is -0.850. The van der Waals surface area contributed by atoms with Crippen molar-refractivity contribution in [2.75, 3.05) is 7.05 Å². The van der Waals surface area contributed by atoms with E-state index in [2.05, 4.69) is 31.5 Å². The molecule has 0 saturated heterocycles. The molecule has 0 saturated carbocycles. The second-order valence-electron chi connectivity index (χ2n) is 2.95. The molecule has 0 N–H and O–H groups in total. The maximum Gasteiger partial charge on any atom is 0.0276 e. The van der Waals surface area contributed by atoms with E-state index in [1.807, 2.05) is 13.1 Å². The van der Waals surface area contributed by atoms with Gasteiger partial charge in [0, 0.05) is 19.2 Å². The van der Waals surface area contributed by atoms with E-state index in [0.717, 1.165) is 12.8 Å². The first-order valence-electron chi connectivity index (χ1n) is 4.47. The Balaban J connectivity index is 4.13. The topological polar surface area (TPSA) is 12.4 Å². The smallest absolute Gasteiger partial charge is 0.0276 e. The largest absolute Gasteiger partial charge is 0.297 e. The van der Waals surface area contributed by atoms with Crippen LogP contribution in [0.25, 0.3) is 0 Å². The molecule has 12 heavy (non-hydrogen) atoms. The highest BCUT2D eigenvalue weighted by atomic mass is 14.7. The molecule has 68 valence electrons. The number of hydrogen-bond donors (Lipinski definition) is 0.